The fourth-order valence-electron chi connectivity index (χ4n) is 4.86. The summed E-state index contributed by atoms with van der Waals surface area (Å²) in [6.07, 6.45) is -4.59. The molecule has 2 unspecified atom stereocenters. The number of carbonyl (C=O) groups excluding carboxylic acids is 2. The maximum Gasteiger partial charge on any atom is 0.471 e. The van der Waals surface area contributed by atoms with Crippen LogP contribution in [0, 0.1) is 11.3 Å². The van der Waals surface area contributed by atoms with E-state index in [1.54, 1.807) is 30.3 Å². The molecule has 1 aliphatic carbocycles. The molecule has 0 bridgehead atoms. The van der Waals surface area contributed by atoms with E-state index < -0.39 is 29.5 Å². The summed E-state index contributed by atoms with van der Waals surface area (Å²) < 4.78 is 52.3. The minimum Gasteiger partial charge on any atom is -0.493 e. The second kappa shape index (κ2) is 8.45. The number of benzene rings is 2. The molecule has 1 heterocycles. The molecule has 2 atom stereocenters. The normalized spacial score (nSPS) is 21.7. The number of ether oxygens (including phenoxy) is 2. The quantitative estimate of drug-likeness (QED) is 0.595. The lowest BCUT2D eigenvalue weighted by molar-refractivity contribution is -0.171. The number of methoxy groups -OCH3 is 2. The highest BCUT2D eigenvalue weighted by molar-refractivity contribution is 6.13. The number of halogens is 3. The third-order valence-electron chi connectivity index (χ3n) is 6.23. The number of aliphatic imine (C=N–C) groups is 1. The van der Waals surface area contributed by atoms with Gasteiger partial charge in [-0.05, 0) is 41.7 Å². The van der Waals surface area contributed by atoms with Gasteiger partial charge in [0.25, 0.3) is 0 Å². The Balaban J connectivity index is 2.02. The average Bonchev–Trinajstić information content (AvgIpc) is 2.90. The van der Waals surface area contributed by atoms with E-state index >= 15 is 0 Å². The van der Waals surface area contributed by atoms with Crippen LogP contribution < -0.4 is 14.4 Å². The van der Waals surface area contributed by atoms with Gasteiger partial charge in [-0.25, -0.2) is 0 Å². The Morgan fingerprint density at radius 1 is 1.06 bits per heavy atom. The highest BCUT2D eigenvalue weighted by atomic mass is 19.4. The van der Waals surface area contributed by atoms with Crippen LogP contribution in [-0.2, 0) is 9.59 Å². The molecule has 0 spiro atoms. The molecule has 34 heavy (non-hydrogen) atoms. The fourth-order valence-corrected chi connectivity index (χ4v) is 4.86. The number of Topliss-reactive ketones (excluding diaryl/α,β-unsaturated/α-hetero) is 1. The zero-order valence-corrected chi connectivity index (χ0v) is 19.3. The second-order valence-corrected chi connectivity index (χ2v) is 9.29. The van der Waals surface area contributed by atoms with Crippen LogP contribution in [0.2, 0.25) is 0 Å². The van der Waals surface area contributed by atoms with Gasteiger partial charge in [0.1, 0.15) is 5.78 Å². The van der Waals surface area contributed by atoms with Crippen LogP contribution in [0.15, 0.2) is 47.5 Å². The molecule has 0 saturated heterocycles. The summed E-state index contributed by atoms with van der Waals surface area (Å²) in [5.41, 5.74) is 0.585. The number of fused-ring (bicyclic) bond motifs is 2. The van der Waals surface area contributed by atoms with Gasteiger partial charge in [0, 0.05) is 12.1 Å². The van der Waals surface area contributed by atoms with Gasteiger partial charge in [0.15, 0.2) is 11.5 Å². The fraction of sp³-hybridized carbons (Fsp3) is 0.400. The van der Waals surface area contributed by atoms with Crippen molar-refractivity contribution in [3.8, 4) is 11.5 Å². The first-order valence-corrected chi connectivity index (χ1v) is 10.8. The summed E-state index contributed by atoms with van der Waals surface area (Å²) in [5, 5.41) is 0. The van der Waals surface area contributed by atoms with Crippen molar-refractivity contribution in [2.24, 2.45) is 16.3 Å². The molecule has 2 aliphatic rings. The Bertz CT molecular complexity index is 1170. The smallest absolute Gasteiger partial charge is 0.471 e. The Hall–Kier alpha value is -3.36. The first-order chi connectivity index (χ1) is 16.0. The standard InChI is InChI=1S/C25H25F3N2O4/c1-24(2)12-16-21(18(31)13-24)22(14-9-10-19(33-3)20(11-14)34-4)30(23(32)25(26,27)28)17-8-6-5-7-15(17)29-16/h5-11,21-22H,12-13H2,1-4H3. The van der Waals surface area contributed by atoms with Crippen LogP contribution in [-0.4, -0.2) is 37.8 Å². The van der Waals surface area contributed by atoms with E-state index in [4.69, 9.17) is 9.47 Å². The molecule has 0 radical (unpaired) electrons. The summed E-state index contributed by atoms with van der Waals surface area (Å²) in [6, 6.07) is 9.51. The number of alkyl halides is 3. The molecule has 1 amide bonds. The molecule has 2 aromatic carbocycles. The molecular formula is C25H25F3N2O4. The molecule has 0 N–H and O–H groups in total. The number of hydrogen-bond acceptors (Lipinski definition) is 5. The number of nitrogens with zero attached hydrogens (tertiary/aromatic N) is 2. The largest absolute Gasteiger partial charge is 0.493 e. The lowest BCUT2D eigenvalue weighted by Gasteiger charge is -2.41. The Labute approximate surface area is 195 Å². The van der Waals surface area contributed by atoms with Gasteiger partial charge in [0.05, 0.1) is 37.6 Å². The van der Waals surface area contributed by atoms with Crippen LogP contribution >= 0.6 is 0 Å². The second-order valence-electron chi connectivity index (χ2n) is 9.29. The minimum absolute atomic E-state index is 0.00267. The number of rotatable bonds is 3. The van der Waals surface area contributed by atoms with Gasteiger partial charge < -0.3 is 9.47 Å². The summed E-state index contributed by atoms with van der Waals surface area (Å²) >= 11 is 0. The first kappa shape index (κ1) is 23.8. The zero-order chi connectivity index (χ0) is 24.8. The van der Waals surface area contributed by atoms with Crippen molar-refractivity contribution in [2.45, 2.75) is 38.9 Å². The van der Waals surface area contributed by atoms with Crippen molar-refractivity contribution in [1.82, 2.24) is 0 Å². The number of amides is 1. The summed E-state index contributed by atoms with van der Waals surface area (Å²) in [7, 11) is 2.85. The molecule has 4 rings (SSSR count). The maximum absolute atomic E-state index is 13.9. The highest BCUT2D eigenvalue weighted by Gasteiger charge is 2.52. The van der Waals surface area contributed by atoms with Crippen molar-refractivity contribution in [1.29, 1.82) is 0 Å². The van der Waals surface area contributed by atoms with Crippen molar-refractivity contribution >= 4 is 28.8 Å². The van der Waals surface area contributed by atoms with Gasteiger partial charge in [-0.2, -0.15) is 13.2 Å². The maximum atomic E-state index is 13.9. The van der Waals surface area contributed by atoms with E-state index in [9.17, 15) is 22.8 Å². The predicted molar refractivity (Wildman–Crippen MR) is 121 cm³/mol. The first-order valence-electron chi connectivity index (χ1n) is 10.8. The molecular weight excluding hydrogens is 449 g/mol. The van der Waals surface area contributed by atoms with Crippen molar-refractivity contribution in [3.05, 3.63) is 48.0 Å². The molecule has 1 aliphatic heterocycles. The summed E-state index contributed by atoms with van der Waals surface area (Å²) in [4.78, 5) is 31.7. The third kappa shape index (κ3) is 4.15. The average molecular weight is 474 g/mol. The van der Waals surface area contributed by atoms with E-state index in [-0.39, 0.29) is 29.3 Å². The number of ketones is 1. The van der Waals surface area contributed by atoms with Crippen LogP contribution in [0.25, 0.3) is 0 Å². The molecule has 1 saturated carbocycles. The molecule has 180 valence electrons. The van der Waals surface area contributed by atoms with Crippen LogP contribution in [0.3, 0.4) is 0 Å². The van der Waals surface area contributed by atoms with Crippen LogP contribution in [0.5, 0.6) is 11.5 Å². The van der Waals surface area contributed by atoms with E-state index in [1.165, 1.54) is 26.4 Å². The highest BCUT2D eigenvalue weighted by Crippen LogP contribution is 2.49. The van der Waals surface area contributed by atoms with E-state index in [2.05, 4.69) is 4.99 Å². The van der Waals surface area contributed by atoms with E-state index in [0.717, 1.165) is 0 Å². The Morgan fingerprint density at radius 2 is 1.74 bits per heavy atom. The molecule has 0 aromatic heterocycles. The monoisotopic (exact) mass is 474 g/mol. The Kier molecular flexibility index (Phi) is 5.91. The van der Waals surface area contributed by atoms with Gasteiger partial charge in [0.2, 0.25) is 0 Å². The predicted octanol–water partition coefficient (Wildman–Crippen LogP) is 5.43. The van der Waals surface area contributed by atoms with Crippen molar-refractivity contribution < 1.29 is 32.2 Å². The molecule has 2 aromatic rings. The van der Waals surface area contributed by atoms with Crippen molar-refractivity contribution in [2.75, 3.05) is 19.1 Å². The minimum atomic E-state index is -5.16. The molecule has 6 nitrogen and oxygen atoms in total. The SMILES string of the molecule is COc1ccc(C2C3C(=O)CC(C)(C)CC3=Nc3ccccc3N2C(=O)C(F)(F)F)cc1OC. The van der Waals surface area contributed by atoms with Gasteiger partial charge in [-0.15, -0.1) is 0 Å². The number of anilines is 1. The van der Waals surface area contributed by atoms with E-state index in [0.29, 0.717) is 28.3 Å². The topological polar surface area (TPSA) is 68.2 Å². The number of hydrogen-bond donors (Lipinski definition) is 0. The van der Waals surface area contributed by atoms with Gasteiger partial charge in [-0.3, -0.25) is 19.5 Å². The molecule has 1 fully saturated rings. The lowest BCUT2D eigenvalue weighted by atomic mass is 9.68. The van der Waals surface area contributed by atoms with Crippen molar-refractivity contribution in [3.63, 3.8) is 0 Å². The van der Waals surface area contributed by atoms with Crippen LogP contribution in [0.1, 0.15) is 38.3 Å². The van der Waals surface area contributed by atoms with Gasteiger partial charge >= 0.3 is 12.1 Å². The lowest BCUT2D eigenvalue weighted by Crippen LogP contribution is -2.50. The molecule has 9 heteroatoms. The van der Waals surface area contributed by atoms with E-state index in [1.807, 2.05) is 13.8 Å². The summed E-state index contributed by atoms with van der Waals surface area (Å²) in [6.45, 7) is 3.84. The van der Waals surface area contributed by atoms with Crippen LogP contribution in [0.4, 0.5) is 24.5 Å². The number of para-hydroxylation sites is 2. The third-order valence-corrected chi connectivity index (χ3v) is 6.23. The Morgan fingerprint density at radius 3 is 2.38 bits per heavy atom. The number of carbonyl (C=O) groups is 2. The summed E-state index contributed by atoms with van der Waals surface area (Å²) in [5.74, 6) is -2.71. The van der Waals surface area contributed by atoms with Gasteiger partial charge in [-0.1, -0.05) is 32.0 Å². The zero-order valence-electron chi connectivity index (χ0n) is 19.3.